The molecule has 11 bridgehead atoms. The molecule has 106 heavy (non-hydrogen) atoms. The van der Waals surface area contributed by atoms with E-state index in [1.165, 1.54) is 33.0 Å². The van der Waals surface area contributed by atoms with Gasteiger partial charge in [0.05, 0.1) is 46.9 Å². The number of hydrogen-bond donors (Lipinski definition) is 21. The van der Waals surface area contributed by atoms with Crippen molar-refractivity contribution in [3.8, 4) is 57.1 Å². The lowest BCUT2D eigenvalue weighted by Crippen LogP contribution is -2.64. The molecule has 0 aliphatic carbocycles. The number of aliphatic hydroxyl groups is 6. The van der Waals surface area contributed by atoms with Gasteiger partial charge in [-0.25, -0.2) is 4.79 Å². The van der Waals surface area contributed by atoms with Crippen molar-refractivity contribution in [2.24, 2.45) is 23.1 Å². The first-order chi connectivity index (χ1) is 50.1. The Morgan fingerprint density at radius 2 is 1.35 bits per heavy atom. The molecule has 18 atom stereocenters. The van der Waals surface area contributed by atoms with Crippen molar-refractivity contribution in [3.05, 3.63) is 116 Å². The number of benzene rings is 5. The van der Waals surface area contributed by atoms with Crippen molar-refractivity contribution in [1.29, 1.82) is 0 Å². The van der Waals surface area contributed by atoms with Gasteiger partial charge in [-0.1, -0.05) is 55.2 Å². The number of aliphatic hydroxyl groups excluding tert-OH is 6. The Balaban J connectivity index is 1.25. The summed E-state index contributed by atoms with van der Waals surface area (Å²) in [5.74, 6) is -16.1. The molecule has 5 aromatic carbocycles. The fraction of sp³-hybridized carbons (Fsp3) is 0.449. The molecule has 0 spiro atoms. The molecule has 0 saturated carbocycles. The van der Waals surface area contributed by atoms with Gasteiger partial charge in [0.15, 0.2) is 29.9 Å². The zero-order valence-corrected chi connectivity index (χ0v) is 59.0. The number of nitrogens with two attached hydrogens (primary N) is 3. The first-order valence-electron chi connectivity index (χ1n) is 33.5. The number of hydrogen-bond acceptors (Lipinski definition) is 27. The van der Waals surface area contributed by atoms with E-state index >= 15 is 19.2 Å². The van der Waals surface area contributed by atoms with Gasteiger partial charge in [-0.05, 0) is 110 Å². The third-order valence-corrected chi connectivity index (χ3v) is 19.3. The summed E-state index contributed by atoms with van der Waals surface area (Å²) in [6, 6.07) is -1.54. The molecule has 7 aliphatic rings. The lowest BCUT2D eigenvalue weighted by atomic mass is 9.86. The third-order valence-electron chi connectivity index (χ3n) is 18.7. The van der Waals surface area contributed by atoms with E-state index in [1.807, 2.05) is 13.8 Å². The Labute approximate surface area is 614 Å². The fourth-order valence-electron chi connectivity index (χ4n) is 13.1. The summed E-state index contributed by atoms with van der Waals surface area (Å²) in [6.45, 7) is 5.51. The van der Waals surface area contributed by atoms with Crippen LogP contribution in [0.4, 0.5) is 0 Å². The molecule has 5 aromatic rings. The maximum Gasteiger partial charge on any atom is 0.330 e. The van der Waals surface area contributed by atoms with E-state index < -0.39 is 237 Å². The number of carboxylic acid groups (broad SMARTS) is 1. The number of aliphatic carboxylic acids is 1. The number of rotatable bonds is 17. The number of ether oxygens (including phenoxy) is 6. The zero-order valence-electron chi connectivity index (χ0n) is 57.4. The van der Waals surface area contributed by atoms with Crippen molar-refractivity contribution < 1.29 is 118 Å². The SMILES string of the molecule is CN[C@H](CC(C)C)C(=O)N[C@H]1C(=O)N[C@@H](CC(N)=O)C(=O)N[C@H]2C(=O)N[C@H]3C(=O)N[C@H](C(=O)NC(C(=O)O)c4cc(O)c(CNCCN)c(O)c4-c4cc3ccc4O)C(O)c3ccc(c(Cl)c3)Oc3cc2cc(c3O[C@@H]2O[C@H](CO)[C@@H](O)[C@H](O)[C@H]2O[C@H]2C[C@](C)(N)[C@H](O)[C@H](C)O2)Oc2ccc(cc2Cl)[C@H]1O. The number of primary amides is 1. The van der Waals surface area contributed by atoms with Gasteiger partial charge in [0.25, 0.3) is 0 Å². The van der Waals surface area contributed by atoms with Crippen LogP contribution >= 0.6 is 23.2 Å². The molecule has 2 unspecified atom stereocenters. The number of phenols is 3. The molecular weight excluding hydrogens is 1440 g/mol. The summed E-state index contributed by atoms with van der Waals surface area (Å²) in [5.41, 5.74) is 13.4. The van der Waals surface area contributed by atoms with Gasteiger partial charge in [0, 0.05) is 48.3 Å². The Bertz CT molecular complexity index is 4210. The van der Waals surface area contributed by atoms with E-state index in [4.69, 9.17) is 68.8 Å². The summed E-state index contributed by atoms with van der Waals surface area (Å²) in [5, 5.41) is 136. The largest absolute Gasteiger partial charge is 0.507 e. The molecule has 37 heteroatoms. The molecule has 24 N–H and O–H groups in total. The number of halogens is 2. The summed E-state index contributed by atoms with van der Waals surface area (Å²) in [4.78, 5) is 118. The predicted octanol–water partition coefficient (Wildman–Crippen LogP) is -0.846. The van der Waals surface area contributed by atoms with Crippen molar-refractivity contribution in [2.45, 2.75) is 163 Å². The Morgan fingerprint density at radius 1 is 0.736 bits per heavy atom. The minimum Gasteiger partial charge on any atom is -0.507 e. The Morgan fingerprint density at radius 3 is 1.93 bits per heavy atom. The number of phenolic OH excluding ortho intramolecular Hbond substituents is 3. The van der Waals surface area contributed by atoms with E-state index in [9.17, 15) is 70.2 Å². The highest BCUT2D eigenvalue weighted by molar-refractivity contribution is 6.32. The molecule has 572 valence electrons. The third kappa shape index (κ3) is 16.9. The van der Waals surface area contributed by atoms with Crippen LogP contribution in [0, 0.1) is 5.92 Å². The maximum absolute atomic E-state index is 16.2. The summed E-state index contributed by atoms with van der Waals surface area (Å²) in [6.07, 6.45) is -18.7. The highest BCUT2D eigenvalue weighted by Crippen LogP contribution is 2.50. The summed E-state index contributed by atoms with van der Waals surface area (Å²) >= 11 is 14.2. The van der Waals surface area contributed by atoms with Gasteiger partial charge >= 0.3 is 5.97 Å². The maximum atomic E-state index is 16.2. The number of carboxylic acids is 1. The molecule has 0 aromatic heterocycles. The van der Waals surface area contributed by atoms with Crippen molar-refractivity contribution >= 4 is 70.5 Å². The number of likely N-dealkylation sites (N-methyl/N-ethyl adjacent to an activating group) is 1. The lowest BCUT2D eigenvalue weighted by Gasteiger charge is -2.47. The van der Waals surface area contributed by atoms with Crippen LogP contribution in [-0.2, 0) is 59.1 Å². The second kappa shape index (κ2) is 32.8. The molecule has 35 nitrogen and oxygen atoms in total. The monoisotopic (exact) mass is 1520 g/mol. The first-order valence-corrected chi connectivity index (χ1v) is 34.3. The topological polar surface area (TPSA) is 569 Å². The zero-order chi connectivity index (χ0) is 77.2. The van der Waals surface area contributed by atoms with E-state index in [0.717, 1.165) is 60.7 Å². The Hall–Kier alpha value is -9.28. The number of amides is 7. The minimum absolute atomic E-state index is 0.0722. The highest BCUT2D eigenvalue weighted by Gasteiger charge is 2.52. The predicted molar refractivity (Wildman–Crippen MR) is 370 cm³/mol. The summed E-state index contributed by atoms with van der Waals surface area (Å²) < 4.78 is 38.4. The second-order valence-corrected chi connectivity index (χ2v) is 27.8. The quantitative estimate of drug-likeness (QED) is 0.0504. The average Bonchev–Trinajstić information content (AvgIpc) is 0.761. The minimum atomic E-state index is -2.37. The van der Waals surface area contributed by atoms with E-state index in [0.29, 0.717) is 0 Å². The summed E-state index contributed by atoms with van der Waals surface area (Å²) in [7, 11) is 1.47. The van der Waals surface area contributed by atoms with Crippen LogP contribution in [0.15, 0.2) is 72.8 Å². The van der Waals surface area contributed by atoms with Crippen molar-refractivity contribution in [3.63, 3.8) is 0 Å². The number of nitrogens with one attached hydrogen (secondary N) is 8. The fourth-order valence-corrected chi connectivity index (χ4v) is 13.5. The standard InChI is InChI=1S/C69H83Cl2N11O24/c1-25(2)14-36(75-5)61(93)81-51-53(87)28-7-10-40(34(70)16-28)102-42-18-30-19-43(58(42)106-68-59(57(91)56(90)44(24-83)104-68)105-46-22-69(4,74)60(92)26(3)101-46)103-41-11-8-29(17-35(41)71)54(88)52-66(98)80-50(67(99)100)32-20-39(85)33(23-76-13-12-72)55(89)47(32)31-15-27(6-9-38(31)84)48(63(95)82-52)79-64(96)49(30)78-62(94)37(21-45(73)86)77-65(51)97/h6-11,15-20,25-26,36-37,44,46,48-54,56-57,59-60,68,75-76,83-85,87-92H,12-14,21-24,72,74H2,1-5H3,(H2,73,86)(H,77,97)(H,78,94)(H,79,96)(H,80,98)(H,81,93)(H,82,95)(H,99,100)/t26-,36+,37-,44+,46-,48+,49+,50?,51+,52-,53+,54?,56+,57-,59+,60+,68-,69-/m0/s1. The van der Waals surface area contributed by atoms with Crippen LogP contribution in [0.3, 0.4) is 0 Å². The van der Waals surface area contributed by atoms with Crippen molar-refractivity contribution in [1.82, 2.24) is 42.5 Å². The van der Waals surface area contributed by atoms with Gasteiger partial charge in [-0.2, -0.15) is 0 Å². The number of fused-ring (bicyclic) bond motifs is 15. The van der Waals surface area contributed by atoms with Gasteiger partial charge in [0.2, 0.25) is 53.4 Å². The van der Waals surface area contributed by atoms with Crippen LogP contribution in [0.2, 0.25) is 10.0 Å². The molecule has 2 fully saturated rings. The lowest BCUT2D eigenvalue weighted by molar-refractivity contribution is -0.333. The van der Waals surface area contributed by atoms with E-state index in [2.05, 4.69) is 42.5 Å². The second-order valence-electron chi connectivity index (χ2n) is 26.9. The Kier molecular flexibility index (Phi) is 24.6. The molecular formula is C69H83Cl2N11O24. The van der Waals surface area contributed by atoms with Gasteiger partial charge in [-0.15, -0.1) is 0 Å². The number of carbonyl (C=O) groups excluding carboxylic acids is 7. The number of carbonyl (C=O) groups is 8. The van der Waals surface area contributed by atoms with Crippen LogP contribution in [0.25, 0.3) is 11.1 Å². The van der Waals surface area contributed by atoms with Gasteiger partial charge in [-0.3, -0.25) is 33.6 Å². The molecule has 7 aliphatic heterocycles. The average molecular weight is 1520 g/mol. The van der Waals surface area contributed by atoms with Crippen LogP contribution in [0.5, 0.6) is 46.0 Å². The van der Waals surface area contributed by atoms with Crippen LogP contribution in [-0.4, -0.2) is 204 Å². The van der Waals surface area contributed by atoms with Gasteiger partial charge in [0.1, 0.15) is 89.5 Å². The normalized spacial score (nSPS) is 28.6. The molecule has 2 saturated heterocycles. The van der Waals surface area contributed by atoms with Gasteiger partial charge < -0.3 is 139 Å². The molecule has 7 amide bonds. The molecule has 12 rings (SSSR count). The van der Waals surface area contributed by atoms with Crippen LogP contribution < -0.4 is 73.9 Å². The number of aromatic hydroxyl groups is 3. The highest BCUT2D eigenvalue weighted by atomic mass is 35.5. The van der Waals surface area contributed by atoms with E-state index in [-0.39, 0.29) is 71.4 Å². The van der Waals surface area contributed by atoms with Crippen LogP contribution in [0.1, 0.15) is 111 Å². The molecule has 0 radical (unpaired) electrons. The molecule has 7 heterocycles. The first kappa shape index (κ1) is 79.3. The smallest absolute Gasteiger partial charge is 0.330 e. The van der Waals surface area contributed by atoms with Crippen molar-refractivity contribution in [2.75, 3.05) is 26.7 Å². The van der Waals surface area contributed by atoms with E-state index in [1.54, 1.807) is 0 Å².